The van der Waals surface area contributed by atoms with Crippen molar-refractivity contribution in [2.75, 3.05) is 20.3 Å². The molecular formula is C17H18ClNO4. The summed E-state index contributed by atoms with van der Waals surface area (Å²) < 4.78 is 11.0. The topological polar surface area (TPSA) is 67.8 Å². The van der Waals surface area contributed by atoms with Crippen molar-refractivity contribution in [3.05, 3.63) is 58.6 Å². The Morgan fingerprint density at radius 2 is 2.00 bits per heavy atom. The minimum Gasteiger partial charge on any atom is -0.493 e. The second-order valence-corrected chi connectivity index (χ2v) is 5.15. The monoisotopic (exact) mass is 335 g/mol. The summed E-state index contributed by atoms with van der Waals surface area (Å²) in [6.07, 6.45) is 0. The number of halogens is 1. The van der Waals surface area contributed by atoms with Crippen LogP contribution in [0.3, 0.4) is 0 Å². The average molecular weight is 336 g/mol. The van der Waals surface area contributed by atoms with E-state index in [-0.39, 0.29) is 24.1 Å². The largest absolute Gasteiger partial charge is 0.493 e. The number of amides is 1. The van der Waals surface area contributed by atoms with Gasteiger partial charge in [-0.05, 0) is 17.7 Å². The van der Waals surface area contributed by atoms with Gasteiger partial charge >= 0.3 is 0 Å². The number of aliphatic hydroxyl groups is 1. The van der Waals surface area contributed by atoms with E-state index in [4.69, 9.17) is 26.2 Å². The molecule has 122 valence electrons. The zero-order chi connectivity index (χ0) is 16.7. The van der Waals surface area contributed by atoms with Crippen molar-refractivity contribution in [1.29, 1.82) is 0 Å². The number of rotatable bonds is 7. The van der Waals surface area contributed by atoms with E-state index in [9.17, 15) is 4.79 Å². The molecule has 0 bridgehead atoms. The van der Waals surface area contributed by atoms with E-state index in [1.54, 1.807) is 6.07 Å². The Bertz CT molecular complexity index is 661. The molecule has 0 aliphatic heterocycles. The van der Waals surface area contributed by atoms with Gasteiger partial charge in [-0.15, -0.1) is 0 Å². The van der Waals surface area contributed by atoms with Crippen LogP contribution in [0, 0.1) is 0 Å². The summed E-state index contributed by atoms with van der Waals surface area (Å²) in [5, 5.41) is 11.6. The third kappa shape index (κ3) is 4.61. The number of aliphatic hydroxyl groups excluding tert-OH is 1. The number of benzene rings is 2. The van der Waals surface area contributed by atoms with Gasteiger partial charge in [0, 0.05) is 12.1 Å². The van der Waals surface area contributed by atoms with Crippen LogP contribution >= 0.6 is 11.6 Å². The lowest BCUT2D eigenvalue weighted by Gasteiger charge is -2.14. The maximum Gasteiger partial charge on any atom is 0.251 e. The van der Waals surface area contributed by atoms with Gasteiger partial charge < -0.3 is 19.9 Å². The number of hydrogen-bond acceptors (Lipinski definition) is 4. The van der Waals surface area contributed by atoms with Crippen molar-refractivity contribution in [2.45, 2.75) is 6.61 Å². The molecule has 0 radical (unpaired) electrons. The number of hydrogen-bond donors (Lipinski definition) is 2. The van der Waals surface area contributed by atoms with E-state index in [0.29, 0.717) is 23.7 Å². The van der Waals surface area contributed by atoms with Crippen LogP contribution in [0.4, 0.5) is 0 Å². The summed E-state index contributed by atoms with van der Waals surface area (Å²) in [6, 6.07) is 12.7. The maximum atomic E-state index is 11.9. The molecule has 2 aromatic rings. The highest BCUT2D eigenvalue weighted by atomic mass is 35.5. The van der Waals surface area contributed by atoms with Crippen molar-refractivity contribution in [3.8, 4) is 11.5 Å². The molecule has 0 heterocycles. The molecule has 0 unspecified atom stereocenters. The Kier molecular flexibility index (Phi) is 6.26. The normalized spacial score (nSPS) is 10.2. The average Bonchev–Trinajstić information content (AvgIpc) is 2.58. The summed E-state index contributed by atoms with van der Waals surface area (Å²) in [6.45, 7) is 0.382. The second-order valence-electron chi connectivity index (χ2n) is 4.74. The first-order valence-electron chi connectivity index (χ1n) is 7.09. The fourth-order valence-electron chi connectivity index (χ4n) is 1.99. The van der Waals surface area contributed by atoms with Crippen LogP contribution < -0.4 is 14.8 Å². The second kappa shape index (κ2) is 8.41. The number of ether oxygens (including phenoxy) is 2. The van der Waals surface area contributed by atoms with E-state index in [1.165, 1.54) is 13.2 Å². The van der Waals surface area contributed by atoms with E-state index in [1.807, 2.05) is 30.3 Å². The van der Waals surface area contributed by atoms with Gasteiger partial charge in [0.2, 0.25) is 0 Å². The molecule has 6 heteroatoms. The van der Waals surface area contributed by atoms with Crippen LogP contribution in [-0.4, -0.2) is 31.3 Å². The van der Waals surface area contributed by atoms with E-state index in [0.717, 1.165) is 5.56 Å². The van der Waals surface area contributed by atoms with Crippen molar-refractivity contribution < 1.29 is 19.4 Å². The quantitative estimate of drug-likeness (QED) is 0.816. The van der Waals surface area contributed by atoms with Crippen molar-refractivity contribution >= 4 is 17.5 Å². The molecule has 5 nitrogen and oxygen atoms in total. The molecule has 2 rings (SSSR count). The van der Waals surface area contributed by atoms with Gasteiger partial charge in [-0.1, -0.05) is 41.9 Å². The molecule has 0 aromatic heterocycles. The van der Waals surface area contributed by atoms with Crippen molar-refractivity contribution in [1.82, 2.24) is 5.32 Å². The maximum absolute atomic E-state index is 11.9. The lowest BCUT2D eigenvalue weighted by Crippen LogP contribution is -2.26. The standard InChI is InChI=1S/C17H18ClNO4/c1-22-15-10-13(17(21)19-7-8-20)9-14(18)16(15)23-11-12-5-3-2-4-6-12/h2-6,9-10,20H,7-8,11H2,1H3,(H,19,21). The minimum absolute atomic E-state index is 0.130. The Hall–Kier alpha value is -2.24. The molecule has 0 saturated heterocycles. The predicted octanol–water partition coefficient (Wildman–Crippen LogP) is 2.65. The van der Waals surface area contributed by atoms with Crippen LogP contribution in [0.1, 0.15) is 15.9 Å². The SMILES string of the molecule is COc1cc(C(=O)NCCO)cc(Cl)c1OCc1ccccc1. The summed E-state index contributed by atoms with van der Waals surface area (Å²) in [5.74, 6) is 0.424. The fraction of sp³-hybridized carbons (Fsp3) is 0.235. The van der Waals surface area contributed by atoms with Gasteiger partial charge in [0.25, 0.3) is 5.91 Å². The molecule has 0 fully saturated rings. The Balaban J connectivity index is 2.18. The van der Waals surface area contributed by atoms with E-state index >= 15 is 0 Å². The smallest absolute Gasteiger partial charge is 0.251 e. The highest BCUT2D eigenvalue weighted by molar-refractivity contribution is 6.32. The Morgan fingerprint density at radius 3 is 2.65 bits per heavy atom. The van der Waals surface area contributed by atoms with Crippen LogP contribution in [0.5, 0.6) is 11.5 Å². The summed E-state index contributed by atoms with van der Waals surface area (Å²) in [7, 11) is 1.48. The first-order chi connectivity index (χ1) is 11.2. The molecule has 0 aliphatic rings. The molecule has 2 N–H and O–H groups in total. The molecule has 23 heavy (non-hydrogen) atoms. The summed E-state index contributed by atoms with van der Waals surface area (Å²) in [4.78, 5) is 11.9. The summed E-state index contributed by atoms with van der Waals surface area (Å²) in [5.41, 5.74) is 1.34. The van der Waals surface area contributed by atoms with Gasteiger partial charge in [-0.2, -0.15) is 0 Å². The van der Waals surface area contributed by atoms with E-state index in [2.05, 4.69) is 5.32 Å². The van der Waals surface area contributed by atoms with Crippen LogP contribution in [0.15, 0.2) is 42.5 Å². The summed E-state index contributed by atoms with van der Waals surface area (Å²) >= 11 is 6.22. The highest BCUT2D eigenvalue weighted by Crippen LogP contribution is 2.36. The number of carbonyl (C=O) groups is 1. The molecule has 1 amide bonds. The minimum atomic E-state index is -0.339. The molecule has 0 spiro atoms. The molecule has 2 aromatic carbocycles. The molecule has 0 atom stereocenters. The van der Waals surface area contributed by atoms with E-state index < -0.39 is 0 Å². The first kappa shape index (κ1) is 17.1. The third-order valence-electron chi connectivity index (χ3n) is 3.11. The van der Waals surface area contributed by atoms with Crippen LogP contribution in [0.25, 0.3) is 0 Å². The van der Waals surface area contributed by atoms with Gasteiger partial charge in [0.1, 0.15) is 6.61 Å². The lowest BCUT2D eigenvalue weighted by molar-refractivity contribution is 0.0944. The molecule has 0 aliphatic carbocycles. The van der Waals surface area contributed by atoms with Gasteiger partial charge in [0.05, 0.1) is 18.7 Å². The third-order valence-corrected chi connectivity index (χ3v) is 3.40. The Morgan fingerprint density at radius 1 is 1.26 bits per heavy atom. The van der Waals surface area contributed by atoms with Gasteiger partial charge in [-0.25, -0.2) is 0 Å². The zero-order valence-electron chi connectivity index (χ0n) is 12.7. The molecular weight excluding hydrogens is 318 g/mol. The Labute approximate surface area is 139 Å². The predicted molar refractivity (Wildman–Crippen MR) is 88.2 cm³/mol. The lowest BCUT2D eigenvalue weighted by atomic mass is 10.2. The van der Waals surface area contributed by atoms with Crippen LogP contribution in [-0.2, 0) is 6.61 Å². The van der Waals surface area contributed by atoms with Gasteiger partial charge in [-0.3, -0.25) is 4.79 Å². The van der Waals surface area contributed by atoms with Crippen molar-refractivity contribution in [3.63, 3.8) is 0 Å². The fourth-order valence-corrected chi connectivity index (χ4v) is 2.26. The zero-order valence-corrected chi connectivity index (χ0v) is 13.5. The number of nitrogens with one attached hydrogen (secondary N) is 1. The van der Waals surface area contributed by atoms with Gasteiger partial charge in [0.15, 0.2) is 11.5 Å². The number of methoxy groups -OCH3 is 1. The van der Waals surface area contributed by atoms with Crippen LogP contribution in [0.2, 0.25) is 5.02 Å². The van der Waals surface area contributed by atoms with Crippen molar-refractivity contribution in [2.24, 2.45) is 0 Å². The first-order valence-corrected chi connectivity index (χ1v) is 7.46. The molecule has 0 saturated carbocycles. The number of carbonyl (C=O) groups excluding carboxylic acids is 1. The highest BCUT2D eigenvalue weighted by Gasteiger charge is 2.16.